The summed E-state index contributed by atoms with van der Waals surface area (Å²) in [6.07, 6.45) is 0.678. The molecule has 2 amide bonds. The molecule has 0 aromatic heterocycles. The molecule has 1 atom stereocenters. The number of imide groups is 1. The molecule has 0 aliphatic carbocycles. The zero-order chi connectivity index (χ0) is 18.0. The maximum atomic E-state index is 12.5. The van der Waals surface area contributed by atoms with Gasteiger partial charge in [0.2, 0.25) is 0 Å². The van der Waals surface area contributed by atoms with Crippen molar-refractivity contribution in [3.05, 3.63) is 70.8 Å². The Balaban J connectivity index is 1.78. The summed E-state index contributed by atoms with van der Waals surface area (Å²) >= 11 is 0. The van der Waals surface area contributed by atoms with Crippen molar-refractivity contribution in [2.45, 2.75) is 32.9 Å². The quantitative estimate of drug-likeness (QED) is 0.619. The molecule has 5 heteroatoms. The second-order valence-electron chi connectivity index (χ2n) is 6.06. The van der Waals surface area contributed by atoms with Gasteiger partial charge in [0.25, 0.3) is 11.8 Å². The van der Waals surface area contributed by atoms with Crippen LogP contribution < -0.4 is 0 Å². The average Bonchev–Trinajstić information content (AvgIpc) is 2.90. The normalized spacial score (nSPS) is 14.4. The summed E-state index contributed by atoms with van der Waals surface area (Å²) in [7, 11) is 0. The van der Waals surface area contributed by atoms with Crippen LogP contribution in [0.25, 0.3) is 0 Å². The molecule has 1 heterocycles. The summed E-state index contributed by atoms with van der Waals surface area (Å²) in [6, 6.07) is 13.7. The van der Waals surface area contributed by atoms with Crippen molar-refractivity contribution < 1.29 is 19.1 Å². The molecule has 0 fully saturated rings. The average molecular weight is 337 g/mol. The fourth-order valence-electron chi connectivity index (χ4n) is 2.78. The molecule has 3 rings (SSSR count). The molecule has 128 valence electrons. The van der Waals surface area contributed by atoms with Gasteiger partial charge in [-0.2, -0.15) is 0 Å². The number of hydrogen-bond acceptors (Lipinski definition) is 4. The fourth-order valence-corrected chi connectivity index (χ4v) is 2.78. The van der Waals surface area contributed by atoms with Gasteiger partial charge in [0.05, 0.1) is 16.7 Å². The lowest BCUT2D eigenvalue weighted by molar-refractivity contribution is 0.0472. The minimum atomic E-state index is -0.520. The lowest BCUT2D eigenvalue weighted by Crippen LogP contribution is -2.37. The van der Waals surface area contributed by atoms with Gasteiger partial charge in [0, 0.05) is 6.04 Å². The van der Waals surface area contributed by atoms with Crippen LogP contribution >= 0.6 is 0 Å². The van der Waals surface area contributed by atoms with Gasteiger partial charge >= 0.3 is 5.97 Å². The van der Waals surface area contributed by atoms with Crippen LogP contribution in [0.3, 0.4) is 0 Å². The zero-order valence-corrected chi connectivity index (χ0v) is 14.2. The lowest BCUT2D eigenvalue weighted by atomic mass is 10.1. The predicted octanol–water partition coefficient (Wildman–Crippen LogP) is 3.44. The standard InChI is InChI=1S/C20H19NO4/c1-3-13(2)21-18(22)16-10-9-15(11-17(16)19(21)23)20(24)25-12-14-7-5-4-6-8-14/h4-11,13H,3,12H2,1-2H3/t13-/m0/s1. The van der Waals surface area contributed by atoms with Crippen molar-refractivity contribution >= 4 is 17.8 Å². The summed E-state index contributed by atoms with van der Waals surface area (Å²) in [5, 5.41) is 0. The summed E-state index contributed by atoms with van der Waals surface area (Å²) in [5.74, 6) is -1.18. The molecule has 2 aromatic carbocycles. The Morgan fingerprint density at radius 1 is 1.04 bits per heavy atom. The van der Waals surface area contributed by atoms with E-state index in [0.717, 1.165) is 5.56 Å². The van der Waals surface area contributed by atoms with Crippen molar-refractivity contribution in [2.75, 3.05) is 0 Å². The van der Waals surface area contributed by atoms with E-state index in [-0.39, 0.29) is 35.6 Å². The van der Waals surface area contributed by atoms with E-state index in [2.05, 4.69) is 0 Å². The van der Waals surface area contributed by atoms with E-state index in [9.17, 15) is 14.4 Å². The monoisotopic (exact) mass is 337 g/mol. The Morgan fingerprint density at radius 2 is 1.72 bits per heavy atom. The molecular weight excluding hydrogens is 318 g/mol. The molecule has 1 aliphatic rings. The van der Waals surface area contributed by atoms with Crippen LogP contribution in [-0.2, 0) is 11.3 Å². The van der Waals surface area contributed by atoms with E-state index < -0.39 is 5.97 Å². The third-order valence-corrected chi connectivity index (χ3v) is 4.40. The SMILES string of the molecule is CC[C@H](C)N1C(=O)c2ccc(C(=O)OCc3ccccc3)cc2C1=O. The zero-order valence-electron chi connectivity index (χ0n) is 14.2. The van der Waals surface area contributed by atoms with Crippen LogP contribution in [0.5, 0.6) is 0 Å². The van der Waals surface area contributed by atoms with Gasteiger partial charge < -0.3 is 4.74 Å². The number of fused-ring (bicyclic) bond motifs is 1. The minimum absolute atomic E-state index is 0.155. The predicted molar refractivity (Wildman–Crippen MR) is 92.3 cm³/mol. The van der Waals surface area contributed by atoms with Gasteiger partial charge in [-0.3, -0.25) is 14.5 Å². The van der Waals surface area contributed by atoms with Crippen molar-refractivity contribution in [1.82, 2.24) is 4.90 Å². The second kappa shape index (κ2) is 6.89. The highest BCUT2D eigenvalue weighted by Gasteiger charge is 2.38. The number of amides is 2. The molecule has 2 aromatic rings. The summed E-state index contributed by atoms with van der Waals surface area (Å²) in [5.41, 5.74) is 1.75. The number of rotatable bonds is 5. The molecular formula is C20H19NO4. The first-order valence-electron chi connectivity index (χ1n) is 8.26. The number of ether oxygens (including phenoxy) is 1. The molecule has 25 heavy (non-hydrogen) atoms. The van der Waals surface area contributed by atoms with E-state index in [1.54, 1.807) is 0 Å². The van der Waals surface area contributed by atoms with Crippen molar-refractivity contribution in [3.63, 3.8) is 0 Å². The molecule has 0 bridgehead atoms. The molecule has 0 unspecified atom stereocenters. The highest BCUT2D eigenvalue weighted by Crippen LogP contribution is 2.27. The van der Waals surface area contributed by atoms with Crippen molar-refractivity contribution in [2.24, 2.45) is 0 Å². The molecule has 0 spiro atoms. The Hall–Kier alpha value is -2.95. The van der Waals surface area contributed by atoms with Gasteiger partial charge in [-0.15, -0.1) is 0 Å². The maximum Gasteiger partial charge on any atom is 0.338 e. The van der Waals surface area contributed by atoms with Gasteiger partial charge in [-0.25, -0.2) is 4.79 Å². The van der Waals surface area contributed by atoms with E-state index in [1.807, 2.05) is 44.2 Å². The van der Waals surface area contributed by atoms with Crippen molar-refractivity contribution in [3.8, 4) is 0 Å². The second-order valence-corrected chi connectivity index (χ2v) is 6.06. The Labute approximate surface area is 146 Å². The number of carbonyl (C=O) groups excluding carboxylic acids is 3. The number of hydrogen-bond donors (Lipinski definition) is 0. The van der Waals surface area contributed by atoms with Gasteiger partial charge in [-0.05, 0) is 37.1 Å². The smallest absolute Gasteiger partial charge is 0.338 e. The van der Waals surface area contributed by atoms with Crippen LogP contribution in [0.15, 0.2) is 48.5 Å². The number of nitrogens with zero attached hydrogens (tertiary/aromatic N) is 1. The van der Waals surface area contributed by atoms with E-state index in [4.69, 9.17) is 4.74 Å². The van der Waals surface area contributed by atoms with Gasteiger partial charge in [-0.1, -0.05) is 37.3 Å². The lowest BCUT2D eigenvalue weighted by Gasteiger charge is -2.20. The van der Waals surface area contributed by atoms with E-state index >= 15 is 0 Å². The van der Waals surface area contributed by atoms with Crippen LogP contribution in [0.1, 0.15) is 56.9 Å². The Morgan fingerprint density at radius 3 is 2.40 bits per heavy atom. The van der Waals surface area contributed by atoms with Gasteiger partial charge in [0.1, 0.15) is 6.61 Å². The fraction of sp³-hybridized carbons (Fsp3) is 0.250. The van der Waals surface area contributed by atoms with Crippen molar-refractivity contribution in [1.29, 1.82) is 0 Å². The van der Waals surface area contributed by atoms with Crippen LogP contribution in [-0.4, -0.2) is 28.7 Å². The number of esters is 1. The first kappa shape index (κ1) is 16.9. The maximum absolute atomic E-state index is 12.5. The number of carbonyl (C=O) groups is 3. The third kappa shape index (κ3) is 3.18. The van der Waals surface area contributed by atoms with Crippen LogP contribution in [0, 0.1) is 0 Å². The first-order chi connectivity index (χ1) is 12.0. The molecule has 0 saturated carbocycles. The first-order valence-corrected chi connectivity index (χ1v) is 8.26. The molecule has 1 aliphatic heterocycles. The van der Waals surface area contributed by atoms with E-state index in [0.29, 0.717) is 12.0 Å². The summed E-state index contributed by atoms with van der Waals surface area (Å²) in [4.78, 5) is 38.4. The molecule has 0 saturated heterocycles. The van der Waals surface area contributed by atoms with Crippen LogP contribution in [0.2, 0.25) is 0 Å². The minimum Gasteiger partial charge on any atom is -0.457 e. The Bertz CT molecular complexity index is 829. The topological polar surface area (TPSA) is 63.7 Å². The highest BCUT2D eigenvalue weighted by atomic mass is 16.5. The molecule has 5 nitrogen and oxygen atoms in total. The third-order valence-electron chi connectivity index (χ3n) is 4.40. The largest absolute Gasteiger partial charge is 0.457 e. The Kier molecular flexibility index (Phi) is 4.65. The molecule has 0 N–H and O–H groups in total. The molecule has 0 radical (unpaired) electrons. The summed E-state index contributed by atoms with van der Waals surface area (Å²) < 4.78 is 5.28. The van der Waals surface area contributed by atoms with E-state index in [1.165, 1.54) is 23.1 Å². The highest BCUT2D eigenvalue weighted by molar-refractivity contribution is 6.22. The van der Waals surface area contributed by atoms with Gasteiger partial charge in [0.15, 0.2) is 0 Å². The number of benzene rings is 2. The van der Waals surface area contributed by atoms with Crippen LogP contribution in [0.4, 0.5) is 0 Å². The summed E-state index contributed by atoms with van der Waals surface area (Å²) in [6.45, 7) is 3.90.